The Hall–Kier alpha value is -2.89. The lowest BCUT2D eigenvalue weighted by Gasteiger charge is -2.32. The molecule has 1 atom stereocenters. The highest BCUT2D eigenvalue weighted by atomic mass is 16.1. The summed E-state index contributed by atoms with van der Waals surface area (Å²) in [5.41, 5.74) is 3.82. The molecule has 26 heavy (non-hydrogen) atoms. The third-order valence-corrected chi connectivity index (χ3v) is 4.87. The summed E-state index contributed by atoms with van der Waals surface area (Å²) in [4.78, 5) is 27.1. The number of carbonyl (C=O) groups is 1. The summed E-state index contributed by atoms with van der Waals surface area (Å²) < 4.78 is 0. The van der Waals surface area contributed by atoms with E-state index in [1.807, 2.05) is 50.4 Å². The fourth-order valence-corrected chi connectivity index (χ4v) is 3.60. The predicted octanol–water partition coefficient (Wildman–Crippen LogP) is 3.43. The van der Waals surface area contributed by atoms with E-state index in [-0.39, 0.29) is 11.8 Å². The molecule has 6 nitrogen and oxygen atoms in total. The molecule has 6 heteroatoms. The molecule has 0 spiro atoms. The van der Waals surface area contributed by atoms with Crippen LogP contribution >= 0.6 is 0 Å². The van der Waals surface area contributed by atoms with Gasteiger partial charge < -0.3 is 15.2 Å². The van der Waals surface area contributed by atoms with E-state index in [1.54, 1.807) is 0 Å². The standard InChI is InChI=1S/C20H23N5O/c1-13-10-14(2)23-20(22-13)25-9-3-4-16(12-25)19(26)24-17-5-6-18-15(11-17)7-8-21-18/h5-8,10-11,16,21H,3-4,9,12H2,1-2H3,(H,24,26). The van der Waals surface area contributed by atoms with Gasteiger partial charge in [-0.3, -0.25) is 4.79 Å². The second-order valence-corrected chi connectivity index (χ2v) is 7.00. The van der Waals surface area contributed by atoms with Crippen LogP contribution in [0.5, 0.6) is 0 Å². The van der Waals surface area contributed by atoms with Crippen LogP contribution in [0.4, 0.5) is 11.6 Å². The second-order valence-electron chi connectivity index (χ2n) is 7.00. The number of fused-ring (bicyclic) bond motifs is 1. The highest BCUT2D eigenvalue weighted by Crippen LogP contribution is 2.23. The number of aromatic nitrogens is 3. The second kappa shape index (κ2) is 6.78. The number of carbonyl (C=O) groups excluding carboxylic acids is 1. The highest BCUT2D eigenvalue weighted by molar-refractivity contribution is 5.95. The molecule has 0 aliphatic carbocycles. The van der Waals surface area contributed by atoms with E-state index in [0.29, 0.717) is 6.54 Å². The quantitative estimate of drug-likeness (QED) is 0.760. The van der Waals surface area contributed by atoms with E-state index in [9.17, 15) is 4.79 Å². The van der Waals surface area contributed by atoms with Crippen LogP contribution in [0.3, 0.4) is 0 Å². The van der Waals surface area contributed by atoms with Gasteiger partial charge >= 0.3 is 0 Å². The average Bonchev–Trinajstić information content (AvgIpc) is 3.09. The largest absolute Gasteiger partial charge is 0.361 e. The van der Waals surface area contributed by atoms with Crippen LogP contribution < -0.4 is 10.2 Å². The number of nitrogens with zero attached hydrogens (tertiary/aromatic N) is 3. The smallest absolute Gasteiger partial charge is 0.229 e. The first-order valence-electron chi connectivity index (χ1n) is 9.04. The van der Waals surface area contributed by atoms with Gasteiger partial charge in [-0.2, -0.15) is 0 Å². The van der Waals surface area contributed by atoms with Gasteiger partial charge in [0.25, 0.3) is 0 Å². The monoisotopic (exact) mass is 349 g/mol. The molecule has 0 bridgehead atoms. The van der Waals surface area contributed by atoms with E-state index >= 15 is 0 Å². The van der Waals surface area contributed by atoms with Crippen molar-refractivity contribution in [1.29, 1.82) is 0 Å². The lowest BCUT2D eigenvalue weighted by molar-refractivity contribution is -0.120. The van der Waals surface area contributed by atoms with Crippen molar-refractivity contribution in [2.45, 2.75) is 26.7 Å². The molecule has 4 rings (SSSR count). The van der Waals surface area contributed by atoms with Crippen LogP contribution in [0.25, 0.3) is 10.9 Å². The molecule has 2 N–H and O–H groups in total. The van der Waals surface area contributed by atoms with Crippen molar-refractivity contribution in [1.82, 2.24) is 15.0 Å². The number of H-pyrrole nitrogens is 1. The van der Waals surface area contributed by atoms with Gasteiger partial charge in [-0.05, 0) is 57.0 Å². The molecule has 1 amide bonds. The minimum absolute atomic E-state index is 0.0601. The van der Waals surface area contributed by atoms with Crippen molar-refractivity contribution >= 4 is 28.4 Å². The SMILES string of the molecule is Cc1cc(C)nc(N2CCCC(C(=O)Nc3ccc4[nH]ccc4c3)C2)n1. The summed E-state index contributed by atoms with van der Waals surface area (Å²) in [6.45, 7) is 5.50. The number of hydrogen-bond donors (Lipinski definition) is 2. The number of rotatable bonds is 3. The van der Waals surface area contributed by atoms with Gasteiger partial charge in [0.05, 0.1) is 5.92 Å². The summed E-state index contributed by atoms with van der Waals surface area (Å²) in [7, 11) is 0. The average molecular weight is 349 g/mol. The molecule has 1 aliphatic rings. The number of benzene rings is 1. The van der Waals surface area contributed by atoms with Gasteiger partial charge in [-0.25, -0.2) is 9.97 Å². The summed E-state index contributed by atoms with van der Waals surface area (Å²) in [5, 5.41) is 4.16. The molecule has 3 heterocycles. The lowest BCUT2D eigenvalue weighted by atomic mass is 9.97. The van der Waals surface area contributed by atoms with E-state index in [2.05, 4.69) is 25.2 Å². The lowest BCUT2D eigenvalue weighted by Crippen LogP contribution is -2.41. The Bertz CT molecular complexity index is 928. The number of piperidine rings is 1. The minimum atomic E-state index is -0.0601. The Kier molecular flexibility index (Phi) is 4.32. The zero-order valence-corrected chi connectivity index (χ0v) is 15.1. The number of aryl methyl sites for hydroxylation is 2. The minimum Gasteiger partial charge on any atom is -0.361 e. The highest BCUT2D eigenvalue weighted by Gasteiger charge is 2.27. The maximum atomic E-state index is 12.8. The third kappa shape index (κ3) is 3.40. The zero-order chi connectivity index (χ0) is 18.1. The summed E-state index contributed by atoms with van der Waals surface area (Å²) in [6.07, 6.45) is 3.75. The Balaban J connectivity index is 1.47. The predicted molar refractivity (Wildman–Crippen MR) is 103 cm³/mol. The zero-order valence-electron chi connectivity index (χ0n) is 15.1. The summed E-state index contributed by atoms with van der Waals surface area (Å²) >= 11 is 0. The van der Waals surface area contributed by atoms with Gasteiger partial charge in [0, 0.05) is 47.3 Å². The van der Waals surface area contributed by atoms with E-state index in [1.165, 1.54) is 0 Å². The molecule has 134 valence electrons. The first-order valence-corrected chi connectivity index (χ1v) is 9.04. The van der Waals surface area contributed by atoms with Crippen molar-refractivity contribution in [2.75, 3.05) is 23.3 Å². The van der Waals surface area contributed by atoms with Crippen LogP contribution in [0.15, 0.2) is 36.5 Å². The van der Waals surface area contributed by atoms with E-state index in [4.69, 9.17) is 0 Å². The number of nitrogens with one attached hydrogen (secondary N) is 2. The Morgan fingerprint density at radius 2 is 2.00 bits per heavy atom. The van der Waals surface area contributed by atoms with Gasteiger partial charge in [0.2, 0.25) is 11.9 Å². The van der Waals surface area contributed by atoms with E-state index in [0.717, 1.165) is 53.3 Å². The molecule has 3 aromatic rings. The molecule has 1 fully saturated rings. The molecule has 0 saturated carbocycles. The van der Waals surface area contributed by atoms with Crippen LogP contribution in [0, 0.1) is 19.8 Å². The van der Waals surface area contributed by atoms with Crippen molar-refractivity contribution in [3.63, 3.8) is 0 Å². The maximum absolute atomic E-state index is 12.8. The topological polar surface area (TPSA) is 73.9 Å². The molecule has 1 aliphatic heterocycles. The number of hydrogen-bond acceptors (Lipinski definition) is 4. The fourth-order valence-electron chi connectivity index (χ4n) is 3.60. The molecule has 1 aromatic carbocycles. The van der Waals surface area contributed by atoms with Crippen LogP contribution in [-0.2, 0) is 4.79 Å². The number of anilines is 2. The van der Waals surface area contributed by atoms with Gasteiger partial charge in [-0.15, -0.1) is 0 Å². The van der Waals surface area contributed by atoms with Crippen LogP contribution in [0.1, 0.15) is 24.2 Å². The van der Waals surface area contributed by atoms with Gasteiger partial charge in [0.15, 0.2) is 0 Å². The number of aromatic amines is 1. The summed E-state index contributed by atoms with van der Waals surface area (Å²) in [5.74, 6) is 0.734. The molecule has 2 aromatic heterocycles. The molecular weight excluding hydrogens is 326 g/mol. The number of amides is 1. The Morgan fingerprint density at radius 3 is 2.81 bits per heavy atom. The molecule has 1 unspecified atom stereocenters. The third-order valence-electron chi connectivity index (χ3n) is 4.87. The van der Waals surface area contributed by atoms with Crippen molar-refractivity contribution < 1.29 is 4.79 Å². The first-order chi connectivity index (χ1) is 12.6. The summed E-state index contributed by atoms with van der Waals surface area (Å²) in [6, 6.07) is 9.89. The van der Waals surface area contributed by atoms with Gasteiger partial charge in [-0.1, -0.05) is 0 Å². The normalized spacial score (nSPS) is 17.5. The Labute approximate surface area is 152 Å². The van der Waals surface area contributed by atoms with Crippen LogP contribution in [-0.4, -0.2) is 33.9 Å². The van der Waals surface area contributed by atoms with Crippen molar-refractivity contribution in [2.24, 2.45) is 5.92 Å². The molecule has 0 radical (unpaired) electrons. The Morgan fingerprint density at radius 1 is 1.19 bits per heavy atom. The molecular formula is C20H23N5O. The molecule has 1 saturated heterocycles. The maximum Gasteiger partial charge on any atom is 0.229 e. The van der Waals surface area contributed by atoms with Crippen molar-refractivity contribution in [3.05, 3.63) is 47.9 Å². The first kappa shape index (κ1) is 16.6. The fraction of sp³-hybridized carbons (Fsp3) is 0.350. The van der Waals surface area contributed by atoms with Crippen LogP contribution in [0.2, 0.25) is 0 Å². The van der Waals surface area contributed by atoms with Crippen molar-refractivity contribution in [3.8, 4) is 0 Å². The van der Waals surface area contributed by atoms with Gasteiger partial charge in [0.1, 0.15) is 0 Å². The van der Waals surface area contributed by atoms with E-state index < -0.39 is 0 Å².